The highest BCUT2D eigenvalue weighted by Gasteiger charge is 2.18. The lowest BCUT2D eigenvalue weighted by atomic mass is 9.97. The Balaban J connectivity index is 2.68. The fourth-order valence-corrected chi connectivity index (χ4v) is 2.64. The van der Waals surface area contributed by atoms with E-state index in [4.69, 9.17) is 9.47 Å². The largest absolute Gasteiger partial charge is 0.504 e. The first-order valence-corrected chi connectivity index (χ1v) is 8.69. The first-order valence-electron chi connectivity index (χ1n) is 8.69. The van der Waals surface area contributed by atoms with Crippen molar-refractivity contribution >= 4 is 24.1 Å². The average molecular weight is 414 g/mol. The number of phenolic OH excluding ortho intramolecular Hbond substituents is 2. The third-order valence-corrected chi connectivity index (χ3v) is 4.15. The first-order chi connectivity index (χ1) is 14.3. The van der Waals surface area contributed by atoms with E-state index in [1.807, 2.05) is 0 Å². The number of benzene rings is 2. The summed E-state index contributed by atoms with van der Waals surface area (Å²) in [4.78, 5) is 22.8. The van der Waals surface area contributed by atoms with Gasteiger partial charge in [0.05, 0.1) is 28.4 Å². The minimum atomic E-state index is -0.553. The molecule has 2 N–H and O–H groups in total. The van der Waals surface area contributed by atoms with Crippen molar-refractivity contribution in [3.63, 3.8) is 0 Å². The second-order valence-corrected chi connectivity index (χ2v) is 5.95. The van der Waals surface area contributed by atoms with Crippen LogP contribution in [0.2, 0.25) is 0 Å². The second-order valence-electron chi connectivity index (χ2n) is 5.95. The molecule has 2 rings (SSSR count). The monoisotopic (exact) mass is 414 g/mol. The number of ether oxygens (including phenoxy) is 4. The lowest BCUT2D eigenvalue weighted by molar-refractivity contribution is -0.135. The SMILES string of the molecule is COC(=O)/C=C/c1cc(OC)c(O)c(-c2cc(/C=C/C(=O)OC)cc(OC)c2O)c1. The summed E-state index contributed by atoms with van der Waals surface area (Å²) in [6.07, 6.45) is 5.39. The Morgan fingerprint density at radius 1 is 0.700 bits per heavy atom. The van der Waals surface area contributed by atoms with E-state index in [1.54, 1.807) is 12.1 Å². The molecular weight excluding hydrogens is 392 g/mol. The van der Waals surface area contributed by atoms with Gasteiger partial charge in [-0.05, 0) is 47.5 Å². The van der Waals surface area contributed by atoms with E-state index in [0.717, 1.165) is 0 Å². The van der Waals surface area contributed by atoms with Crippen LogP contribution in [0.25, 0.3) is 23.3 Å². The number of carbonyl (C=O) groups excluding carboxylic acids is 2. The quantitative estimate of drug-likeness (QED) is 0.525. The summed E-state index contributed by atoms with van der Waals surface area (Å²) in [5.74, 6) is -1.29. The molecule has 0 unspecified atom stereocenters. The second kappa shape index (κ2) is 10.0. The zero-order valence-corrected chi connectivity index (χ0v) is 17.0. The normalized spacial score (nSPS) is 10.9. The third kappa shape index (κ3) is 5.11. The standard InChI is InChI=1S/C22H22O8/c1-27-17-11-13(5-7-19(23)29-3)9-15(21(17)25)16-10-14(6-8-20(24)30-4)12-18(28-2)22(16)26/h5-12,25-26H,1-4H3/b7-5+,8-6+. The summed E-state index contributed by atoms with van der Waals surface area (Å²) >= 11 is 0. The van der Waals surface area contributed by atoms with E-state index in [9.17, 15) is 19.8 Å². The Kier molecular flexibility index (Phi) is 7.46. The molecule has 0 aliphatic carbocycles. The molecule has 158 valence electrons. The fraction of sp³-hybridized carbons (Fsp3) is 0.182. The van der Waals surface area contributed by atoms with Crippen LogP contribution in [0.3, 0.4) is 0 Å². The van der Waals surface area contributed by atoms with Gasteiger partial charge in [-0.15, -0.1) is 0 Å². The minimum Gasteiger partial charge on any atom is -0.504 e. The molecule has 0 saturated heterocycles. The number of esters is 2. The molecule has 0 bridgehead atoms. The number of hydrogen-bond acceptors (Lipinski definition) is 8. The van der Waals surface area contributed by atoms with Crippen molar-refractivity contribution in [3.8, 4) is 34.1 Å². The van der Waals surface area contributed by atoms with Crippen LogP contribution in [0.15, 0.2) is 36.4 Å². The summed E-state index contributed by atoms with van der Waals surface area (Å²) in [6.45, 7) is 0. The van der Waals surface area contributed by atoms with Crippen LogP contribution in [0.1, 0.15) is 11.1 Å². The van der Waals surface area contributed by atoms with Gasteiger partial charge in [-0.1, -0.05) is 0 Å². The number of rotatable bonds is 7. The highest BCUT2D eigenvalue weighted by atomic mass is 16.5. The van der Waals surface area contributed by atoms with Gasteiger partial charge >= 0.3 is 11.9 Å². The van der Waals surface area contributed by atoms with Crippen LogP contribution in [-0.4, -0.2) is 50.6 Å². The van der Waals surface area contributed by atoms with Crippen LogP contribution >= 0.6 is 0 Å². The first kappa shape index (κ1) is 22.4. The number of methoxy groups -OCH3 is 4. The maximum Gasteiger partial charge on any atom is 0.330 e. The molecule has 2 aromatic carbocycles. The van der Waals surface area contributed by atoms with Gasteiger partial charge in [0.1, 0.15) is 0 Å². The number of aromatic hydroxyl groups is 2. The number of hydrogen-bond donors (Lipinski definition) is 2. The Labute approximate surface area is 173 Å². The van der Waals surface area contributed by atoms with E-state index in [2.05, 4.69) is 9.47 Å². The summed E-state index contributed by atoms with van der Waals surface area (Å²) in [6, 6.07) is 6.15. The van der Waals surface area contributed by atoms with Crippen LogP contribution in [-0.2, 0) is 19.1 Å². The number of carbonyl (C=O) groups is 2. The summed E-state index contributed by atoms with van der Waals surface area (Å²) < 4.78 is 19.6. The Morgan fingerprint density at radius 3 is 1.37 bits per heavy atom. The van der Waals surface area contributed by atoms with Crippen molar-refractivity contribution in [1.29, 1.82) is 0 Å². The zero-order valence-electron chi connectivity index (χ0n) is 17.0. The summed E-state index contributed by atoms with van der Waals surface area (Å²) in [5.41, 5.74) is 1.48. The van der Waals surface area contributed by atoms with E-state index in [1.165, 1.54) is 64.9 Å². The molecular formula is C22H22O8. The smallest absolute Gasteiger partial charge is 0.330 e. The predicted octanol–water partition coefficient (Wildman–Crippen LogP) is 3.15. The molecule has 8 heteroatoms. The molecule has 2 aromatic rings. The molecule has 0 aromatic heterocycles. The molecule has 30 heavy (non-hydrogen) atoms. The van der Waals surface area contributed by atoms with E-state index in [0.29, 0.717) is 11.1 Å². The Morgan fingerprint density at radius 2 is 1.07 bits per heavy atom. The molecule has 0 amide bonds. The maximum absolute atomic E-state index is 11.4. The van der Waals surface area contributed by atoms with E-state index in [-0.39, 0.29) is 34.1 Å². The molecule has 0 aliphatic rings. The van der Waals surface area contributed by atoms with Gasteiger partial charge < -0.3 is 29.2 Å². The van der Waals surface area contributed by atoms with Gasteiger partial charge in [0.15, 0.2) is 23.0 Å². The fourth-order valence-electron chi connectivity index (χ4n) is 2.64. The lowest BCUT2D eigenvalue weighted by Crippen LogP contribution is -1.95. The van der Waals surface area contributed by atoms with E-state index < -0.39 is 11.9 Å². The highest BCUT2D eigenvalue weighted by molar-refractivity contribution is 5.90. The molecule has 0 saturated carbocycles. The minimum absolute atomic E-state index is 0.130. The Hall–Kier alpha value is -3.94. The van der Waals surface area contributed by atoms with Crippen LogP contribution in [0.5, 0.6) is 23.0 Å². The topological polar surface area (TPSA) is 112 Å². The third-order valence-electron chi connectivity index (χ3n) is 4.15. The van der Waals surface area contributed by atoms with Gasteiger partial charge in [-0.2, -0.15) is 0 Å². The number of phenols is 2. The van der Waals surface area contributed by atoms with Gasteiger partial charge in [0, 0.05) is 23.3 Å². The average Bonchev–Trinajstić information content (AvgIpc) is 2.76. The molecule has 0 spiro atoms. The van der Waals surface area contributed by atoms with Crippen molar-refractivity contribution in [2.24, 2.45) is 0 Å². The van der Waals surface area contributed by atoms with Crippen molar-refractivity contribution in [1.82, 2.24) is 0 Å². The molecule has 0 aliphatic heterocycles. The van der Waals surface area contributed by atoms with Gasteiger partial charge in [0.25, 0.3) is 0 Å². The zero-order chi connectivity index (χ0) is 22.3. The molecule has 0 fully saturated rings. The van der Waals surface area contributed by atoms with Gasteiger partial charge in [-0.3, -0.25) is 0 Å². The van der Waals surface area contributed by atoms with Crippen LogP contribution < -0.4 is 9.47 Å². The van der Waals surface area contributed by atoms with Gasteiger partial charge in [-0.25, -0.2) is 9.59 Å². The molecule has 0 atom stereocenters. The lowest BCUT2D eigenvalue weighted by Gasteiger charge is -2.15. The van der Waals surface area contributed by atoms with Crippen molar-refractivity contribution in [2.45, 2.75) is 0 Å². The maximum atomic E-state index is 11.4. The molecule has 0 radical (unpaired) electrons. The highest BCUT2D eigenvalue weighted by Crippen LogP contribution is 2.45. The van der Waals surface area contributed by atoms with Crippen molar-refractivity contribution in [2.75, 3.05) is 28.4 Å². The van der Waals surface area contributed by atoms with Crippen LogP contribution in [0, 0.1) is 0 Å². The summed E-state index contributed by atoms with van der Waals surface area (Å²) in [5, 5.41) is 21.3. The predicted molar refractivity (Wildman–Crippen MR) is 110 cm³/mol. The van der Waals surface area contributed by atoms with Crippen LogP contribution in [0.4, 0.5) is 0 Å². The van der Waals surface area contributed by atoms with Gasteiger partial charge in [0.2, 0.25) is 0 Å². The van der Waals surface area contributed by atoms with E-state index >= 15 is 0 Å². The summed E-state index contributed by atoms with van der Waals surface area (Å²) in [7, 11) is 5.27. The molecule has 8 nitrogen and oxygen atoms in total. The van der Waals surface area contributed by atoms with Crippen molar-refractivity contribution < 1.29 is 38.7 Å². The van der Waals surface area contributed by atoms with Crippen molar-refractivity contribution in [3.05, 3.63) is 47.5 Å². The molecule has 0 heterocycles. The Bertz CT molecular complexity index is 923.